The molecular weight excluding hydrogens is 296 g/mol. The predicted molar refractivity (Wildman–Crippen MR) is 90.9 cm³/mol. The van der Waals surface area contributed by atoms with Crippen molar-refractivity contribution in [2.24, 2.45) is 0 Å². The fraction of sp³-hybridized carbons (Fsp3) is 0.278. The number of carbonyl (C=O) groups excluding carboxylic acids is 1. The van der Waals surface area contributed by atoms with Crippen LogP contribution in [0.3, 0.4) is 0 Å². The van der Waals surface area contributed by atoms with Gasteiger partial charge in [-0.2, -0.15) is 0 Å². The molecule has 0 atom stereocenters. The van der Waals surface area contributed by atoms with E-state index in [1.54, 1.807) is 0 Å². The van der Waals surface area contributed by atoms with E-state index in [1.165, 1.54) is 5.56 Å². The standard InChI is InChI=1S/C18H21ClN2O/c19-17-11-5-4-10-16(17)13-21-18(22)14-20-12-6-9-15-7-2-1-3-8-15/h1-5,7-8,10-11,20H,6,9,12-14H2,(H,21,22). The molecule has 116 valence electrons. The molecule has 2 N–H and O–H groups in total. The van der Waals surface area contributed by atoms with Gasteiger partial charge in [0.05, 0.1) is 6.54 Å². The number of amides is 1. The Morgan fingerprint density at radius 1 is 1.00 bits per heavy atom. The number of hydrogen-bond donors (Lipinski definition) is 2. The van der Waals surface area contributed by atoms with Crippen LogP contribution in [0.4, 0.5) is 0 Å². The molecule has 2 rings (SSSR count). The predicted octanol–water partition coefficient (Wildman–Crippen LogP) is 3.18. The molecular formula is C18H21ClN2O. The molecule has 0 saturated carbocycles. The van der Waals surface area contributed by atoms with Crippen molar-refractivity contribution in [3.05, 3.63) is 70.7 Å². The lowest BCUT2D eigenvalue weighted by Gasteiger charge is -2.08. The Morgan fingerprint density at radius 3 is 2.50 bits per heavy atom. The minimum atomic E-state index is -0.0142. The van der Waals surface area contributed by atoms with Crippen LogP contribution in [0.2, 0.25) is 5.02 Å². The zero-order chi connectivity index (χ0) is 15.6. The molecule has 0 aromatic heterocycles. The summed E-state index contributed by atoms with van der Waals surface area (Å²) in [5, 5.41) is 6.70. The highest BCUT2D eigenvalue weighted by Crippen LogP contribution is 2.14. The van der Waals surface area contributed by atoms with E-state index in [2.05, 4.69) is 22.8 Å². The van der Waals surface area contributed by atoms with E-state index in [4.69, 9.17) is 11.6 Å². The van der Waals surface area contributed by atoms with Crippen LogP contribution in [0, 0.1) is 0 Å². The van der Waals surface area contributed by atoms with Gasteiger partial charge in [-0.15, -0.1) is 0 Å². The maximum Gasteiger partial charge on any atom is 0.234 e. The maximum absolute atomic E-state index is 11.7. The Balaban J connectivity index is 1.57. The van der Waals surface area contributed by atoms with Crippen LogP contribution in [0.1, 0.15) is 17.5 Å². The van der Waals surface area contributed by atoms with Crippen LogP contribution in [0.15, 0.2) is 54.6 Å². The molecule has 22 heavy (non-hydrogen) atoms. The summed E-state index contributed by atoms with van der Waals surface area (Å²) < 4.78 is 0. The quantitative estimate of drug-likeness (QED) is 0.734. The summed E-state index contributed by atoms with van der Waals surface area (Å²) in [5.74, 6) is -0.0142. The number of halogens is 1. The summed E-state index contributed by atoms with van der Waals surface area (Å²) in [5.41, 5.74) is 2.26. The Labute approximate surface area is 136 Å². The summed E-state index contributed by atoms with van der Waals surface area (Å²) >= 11 is 6.04. The van der Waals surface area contributed by atoms with E-state index >= 15 is 0 Å². The van der Waals surface area contributed by atoms with Crippen LogP contribution < -0.4 is 10.6 Å². The summed E-state index contributed by atoms with van der Waals surface area (Å²) in [6.45, 7) is 1.62. The molecule has 0 unspecified atom stereocenters. The van der Waals surface area contributed by atoms with Crippen LogP contribution in [-0.2, 0) is 17.8 Å². The molecule has 0 aliphatic rings. The first-order chi connectivity index (χ1) is 10.8. The second kappa shape index (κ2) is 9.23. The van der Waals surface area contributed by atoms with Crippen LogP contribution in [-0.4, -0.2) is 19.0 Å². The van der Waals surface area contributed by atoms with Gasteiger partial charge in [0.2, 0.25) is 5.91 Å². The van der Waals surface area contributed by atoms with Gasteiger partial charge in [0, 0.05) is 11.6 Å². The molecule has 2 aromatic rings. The Bertz CT molecular complexity index is 587. The first-order valence-corrected chi connectivity index (χ1v) is 7.88. The highest BCUT2D eigenvalue weighted by atomic mass is 35.5. The van der Waals surface area contributed by atoms with Gasteiger partial charge in [-0.3, -0.25) is 4.79 Å². The van der Waals surface area contributed by atoms with Crippen molar-refractivity contribution in [1.29, 1.82) is 0 Å². The van der Waals surface area contributed by atoms with Crippen molar-refractivity contribution < 1.29 is 4.79 Å². The molecule has 0 radical (unpaired) electrons. The molecule has 0 fully saturated rings. The van der Waals surface area contributed by atoms with E-state index < -0.39 is 0 Å². The molecule has 0 spiro atoms. The molecule has 2 aromatic carbocycles. The fourth-order valence-electron chi connectivity index (χ4n) is 2.16. The molecule has 4 heteroatoms. The second-order valence-corrected chi connectivity index (χ2v) is 5.54. The summed E-state index contributed by atoms with van der Waals surface area (Å²) in [6.07, 6.45) is 2.04. The van der Waals surface area contributed by atoms with Crippen molar-refractivity contribution in [3.8, 4) is 0 Å². The minimum absolute atomic E-state index is 0.0142. The number of rotatable bonds is 8. The average molecular weight is 317 g/mol. The van der Waals surface area contributed by atoms with E-state index in [0.29, 0.717) is 18.1 Å². The lowest BCUT2D eigenvalue weighted by molar-refractivity contribution is -0.120. The number of hydrogen-bond acceptors (Lipinski definition) is 2. The normalized spacial score (nSPS) is 10.4. The highest BCUT2D eigenvalue weighted by Gasteiger charge is 2.03. The Hall–Kier alpha value is -1.84. The largest absolute Gasteiger partial charge is 0.351 e. The first kappa shape index (κ1) is 16.5. The van der Waals surface area contributed by atoms with Gasteiger partial charge < -0.3 is 10.6 Å². The molecule has 1 amide bonds. The van der Waals surface area contributed by atoms with E-state index in [0.717, 1.165) is 24.9 Å². The zero-order valence-corrected chi connectivity index (χ0v) is 13.3. The van der Waals surface area contributed by atoms with Crippen LogP contribution >= 0.6 is 11.6 Å². The van der Waals surface area contributed by atoms with E-state index in [-0.39, 0.29) is 5.91 Å². The van der Waals surface area contributed by atoms with Gasteiger partial charge in [-0.05, 0) is 36.6 Å². The highest BCUT2D eigenvalue weighted by molar-refractivity contribution is 6.31. The van der Waals surface area contributed by atoms with Gasteiger partial charge in [-0.25, -0.2) is 0 Å². The van der Waals surface area contributed by atoms with Crippen molar-refractivity contribution in [2.45, 2.75) is 19.4 Å². The molecule has 3 nitrogen and oxygen atoms in total. The number of aryl methyl sites for hydroxylation is 1. The minimum Gasteiger partial charge on any atom is -0.351 e. The van der Waals surface area contributed by atoms with Crippen molar-refractivity contribution in [2.75, 3.05) is 13.1 Å². The van der Waals surface area contributed by atoms with Gasteiger partial charge in [0.25, 0.3) is 0 Å². The molecule has 0 saturated heterocycles. The van der Waals surface area contributed by atoms with E-state index in [9.17, 15) is 4.79 Å². The second-order valence-electron chi connectivity index (χ2n) is 5.13. The fourth-order valence-corrected chi connectivity index (χ4v) is 2.36. The number of carbonyl (C=O) groups is 1. The third-order valence-corrected chi connectivity index (χ3v) is 3.75. The van der Waals surface area contributed by atoms with Gasteiger partial charge in [0.15, 0.2) is 0 Å². The smallest absolute Gasteiger partial charge is 0.234 e. The van der Waals surface area contributed by atoms with Crippen LogP contribution in [0.25, 0.3) is 0 Å². The zero-order valence-electron chi connectivity index (χ0n) is 12.5. The Morgan fingerprint density at radius 2 is 1.73 bits per heavy atom. The SMILES string of the molecule is O=C(CNCCCc1ccccc1)NCc1ccccc1Cl. The average Bonchev–Trinajstić information content (AvgIpc) is 2.55. The first-order valence-electron chi connectivity index (χ1n) is 7.50. The van der Waals surface area contributed by atoms with Gasteiger partial charge in [0.1, 0.15) is 0 Å². The summed E-state index contributed by atoms with van der Waals surface area (Å²) in [4.78, 5) is 11.7. The van der Waals surface area contributed by atoms with Gasteiger partial charge >= 0.3 is 0 Å². The molecule has 0 aliphatic heterocycles. The molecule has 0 aliphatic carbocycles. The molecule has 0 heterocycles. The Kier molecular flexibility index (Phi) is 6.94. The summed E-state index contributed by atoms with van der Waals surface area (Å²) in [6, 6.07) is 17.9. The lowest BCUT2D eigenvalue weighted by Crippen LogP contribution is -2.34. The summed E-state index contributed by atoms with van der Waals surface area (Å²) in [7, 11) is 0. The third-order valence-electron chi connectivity index (χ3n) is 3.38. The molecule has 0 bridgehead atoms. The van der Waals surface area contributed by atoms with Crippen LogP contribution in [0.5, 0.6) is 0 Å². The third kappa shape index (κ3) is 5.88. The van der Waals surface area contributed by atoms with Crippen molar-refractivity contribution in [3.63, 3.8) is 0 Å². The number of benzene rings is 2. The van der Waals surface area contributed by atoms with Gasteiger partial charge in [-0.1, -0.05) is 60.1 Å². The van der Waals surface area contributed by atoms with E-state index in [1.807, 2.05) is 42.5 Å². The number of nitrogens with one attached hydrogen (secondary N) is 2. The lowest BCUT2D eigenvalue weighted by atomic mass is 10.1. The monoisotopic (exact) mass is 316 g/mol. The maximum atomic E-state index is 11.7. The topological polar surface area (TPSA) is 41.1 Å². The van der Waals surface area contributed by atoms with Crippen molar-refractivity contribution >= 4 is 17.5 Å². The van der Waals surface area contributed by atoms with Crippen molar-refractivity contribution in [1.82, 2.24) is 10.6 Å².